The summed E-state index contributed by atoms with van der Waals surface area (Å²) in [7, 11) is 0. The molecule has 1 aromatic heterocycles. The van der Waals surface area contributed by atoms with Crippen molar-refractivity contribution in [3.8, 4) is 0 Å². The van der Waals surface area contributed by atoms with Crippen LogP contribution in [-0.2, 0) is 16.0 Å². The topological polar surface area (TPSA) is 51.2 Å². The second kappa shape index (κ2) is 7.31. The predicted molar refractivity (Wildman–Crippen MR) is 84.0 cm³/mol. The van der Waals surface area contributed by atoms with Crippen LogP contribution in [0.4, 0.5) is 10.8 Å². The molecule has 1 aromatic carbocycles. The van der Waals surface area contributed by atoms with E-state index in [-0.39, 0.29) is 12.4 Å². The summed E-state index contributed by atoms with van der Waals surface area (Å²) in [4.78, 5) is 17.0. The highest BCUT2D eigenvalue weighted by molar-refractivity contribution is 7.98. The van der Waals surface area contributed by atoms with Gasteiger partial charge in [-0.05, 0) is 37.4 Å². The van der Waals surface area contributed by atoms with Gasteiger partial charge >= 0.3 is 5.97 Å². The minimum Gasteiger partial charge on any atom is -0.466 e. The summed E-state index contributed by atoms with van der Waals surface area (Å²) >= 11 is 3.19. The van der Waals surface area contributed by atoms with E-state index in [1.807, 2.05) is 23.8 Å². The van der Waals surface area contributed by atoms with Gasteiger partial charge in [0.25, 0.3) is 0 Å². The van der Waals surface area contributed by atoms with E-state index in [4.69, 9.17) is 4.74 Å². The zero-order valence-electron chi connectivity index (χ0n) is 11.4. The van der Waals surface area contributed by atoms with Gasteiger partial charge in [-0.25, -0.2) is 4.98 Å². The van der Waals surface area contributed by atoms with Crippen LogP contribution in [0.15, 0.2) is 34.5 Å². The molecule has 0 amide bonds. The SMILES string of the molecule is CCOC(=O)Cc1csc(Nc2ccc(SC)cc2)n1. The van der Waals surface area contributed by atoms with Crippen LogP contribution in [0.3, 0.4) is 0 Å². The highest BCUT2D eigenvalue weighted by atomic mass is 32.2. The number of rotatable bonds is 6. The summed E-state index contributed by atoms with van der Waals surface area (Å²) in [5.74, 6) is -0.242. The first-order chi connectivity index (χ1) is 9.71. The maximum absolute atomic E-state index is 11.4. The van der Waals surface area contributed by atoms with Crippen molar-refractivity contribution in [2.75, 3.05) is 18.2 Å². The van der Waals surface area contributed by atoms with Gasteiger partial charge < -0.3 is 10.1 Å². The number of benzene rings is 1. The number of carbonyl (C=O) groups excluding carboxylic acids is 1. The molecule has 0 bridgehead atoms. The number of anilines is 2. The third-order valence-electron chi connectivity index (χ3n) is 2.52. The van der Waals surface area contributed by atoms with Crippen molar-refractivity contribution in [2.45, 2.75) is 18.2 Å². The Balaban J connectivity index is 1.96. The number of thiazole rings is 1. The Labute approximate surface area is 126 Å². The molecule has 0 radical (unpaired) electrons. The lowest BCUT2D eigenvalue weighted by atomic mass is 10.3. The fraction of sp³-hybridized carbons (Fsp3) is 0.286. The van der Waals surface area contributed by atoms with E-state index in [2.05, 4.69) is 22.4 Å². The first-order valence-corrected chi connectivity index (χ1v) is 8.32. The van der Waals surface area contributed by atoms with Crippen LogP contribution in [0.1, 0.15) is 12.6 Å². The Hall–Kier alpha value is -1.53. The first kappa shape index (κ1) is 14.9. The molecule has 0 saturated carbocycles. The van der Waals surface area contributed by atoms with E-state index >= 15 is 0 Å². The minimum atomic E-state index is -0.242. The number of aromatic nitrogens is 1. The van der Waals surface area contributed by atoms with Crippen molar-refractivity contribution in [1.29, 1.82) is 0 Å². The Morgan fingerprint density at radius 2 is 2.15 bits per heavy atom. The molecule has 0 aliphatic carbocycles. The van der Waals surface area contributed by atoms with Crippen LogP contribution in [0.25, 0.3) is 0 Å². The Morgan fingerprint density at radius 1 is 1.40 bits per heavy atom. The molecule has 2 aromatic rings. The first-order valence-electron chi connectivity index (χ1n) is 6.22. The van der Waals surface area contributed by atoms with Gasteiger partial charge in [-0.1, -0.05) is 0 Å². The molecule has 1 N–H and O–H groups in total. The summed E-state index contributed by atoms with van der Waals surface area (Å²) in [5.41, 5.74) is 1.72. The molecule has 0 saturated heterocycles. The molecule has 2 rings (SSSR count). The van der Waals surface area contributed by atoms with Crippen LogP contribution >= 0.6 is 23.1 Å². The molecule has 0 atom stereocenters. The third kappa shape index (κ3) is 4.25. The van der Waals surface area contributed by atoms with E-state index in [0.29, 0.717) is 6.61 Å². The van der Waals surface area contributed by atoms with Crippen molar-refractivity contribution < 1.29 is 9.53 Å². The molecule has 0 aliphatic heterocycles. The average molecular weight is 308 g/mol. The smallest absolute Gasteiger partial charge is 0.311 e. The Bertz CT molecular complexity index is 567. The monoisotopic (exact) mass is 308 g/mol. The normalized spacial score (nSPS) is 10.3. The summed E-state index contributed by atoms with van der Waals surface area (Å²) in [6.07, 6.45) is 2.27. The molecule has 1 heterocycles. The number of nitrogens with zero attached hydrogens (tertiary/aromatic N) is 1. The Kier molecular flexibility index (Phi) is 5.43. The molecule has 6 heteroatoms. The molecule has 0 fully saturated rings. The molecule has 106 valence electrons. The maximum Gasteiger partial charge on any atom is 0.311 e. The van der Waals surface area contributed by atoms with Crippen LogP contribution in [0.2, 0.25) is 0 Å². The van der Waals surface area contributed by atoms with Gasteiger partial charge in [0.2, 0.25) is 0 Å². The molecule has 0 unspecified atom stereocenters. The number of hydrogen-bond donors (Lipinski definition) is 1. The van der Waals surface area contributed by atoms with E-state index in [1.165, 1.54) is 16.2 Å². The zero-order valence-corrected chi connectivity index (χ0v) is 13.0. The van der Waals surface area contributed by atoms with Crippen LogP contribution in [0, 0.1) is 0 Å². The number of hydrogen-bond acceptors (Lipinski definition) is 6. The number of carbonyl (C=O) groups is 1. The fourth-order valence-corrected chi connectivity index (χ4v) is 2.74. The molecule has 0 spiro atoms. The van der Waals surface area contributed by atoms with Crippen molar-refractivity contribution in [1.82, 2.24) is 4.98 Å². The van der Waals surface area contributed by atoms with E-state index in [9.17, 15) is 4.79 Å². The standard InChI is InChI=1S/C14H16N2O2S2/c1-3-18-13(17)8-11-9-20-14(16-11)15-10-4-6-12(19-2)7-5-10/h4-7,9H,3,8H2,1-2H3,(H,15,16). The average Bonchev–Trinajstić information content (AvgIpc) is 2.87. The van der Waals surface area contributed by atoms with E-state index < -0.39 is 0 Å². The summed E-state index contributed by atoms with van der Waals surface area (Å²) in [5, 5.41) is 5.88. The lowest BCUT2D eigenvalue weighted by Crippen LogP contribution is -2.07. The molecule has 4 nitrogen and oxygen atoms in total. The lowest BCUT2D eigenvalue weighted by Gasteiger charge is -2.03. The minimum absolute atomic E-state index is 0.220. The zero-order chi connectivity index (χ0) is 14.4. The second-order valence-corrected chi connectivity index (χ2v) is 5.72. The Morgan fingerprint density at radius 3 is 2.80 bits per heavy atom. The van der Waals surface area contributed by atoms with E-state index in [0.717, 1.165) is 16.5 Å². The lowest BCUT2D eigenvalue weighted by molar-refractivity contribution is -0.142. The van der Waals surface area contributed by atoms with Gasteiger partial charge in [-0.2, -0.15) is 0 Å². The second-order valence-electron chi connectivity index (χ2n) is 3.98. The quantitative estimate of drug-likeness (QED) is 0.651. The van der Waals surface area contributed by atoms with Gasteiger partial charge in [0.05, 0.1) is 18.7 Å². The van der Waals surface area contributed by atoms with Gasteiger partial charge in [-0.3, -0.25) is 4.79 Å². The third-order valence-corrected chi connectivity index (χ3v) is 4.07. The fourth-order valence-electron chi connectivity index (χ4n) is 1.60. The van der Waals surface area contributed by atoms with Gasteiger partial charge in [-0.15, -0.1) is 23.1 Å². The predicted octanol–water partition coefficient (Wildman–Crippen LogP) is 3.71. The van der Waals surface area contributed by atoms with Crippen molar-refractivity contribution in [3.63, 3.8) is 0 Å². The van der Waals surface area contributed by atoms with E-state index in [1.54, 1.807) is 18.7 Å². The van der Waals surface area contributed by atoms with Crippen molar-refractivity contribution in [2.24, 2.45) is 0 Å². The van der Waals surface area contributed by atoms with Crippen molar-refractivity contribution >= 4 is 39.9 Å². The van der Waals surface area contributed by atoms with Gasteiger partial charge in [0.1, 0.15) is 0 Å². The van der Waals surface area contributed by atoms with Crippen LogP contribution in [-0.4, -0.2) is 23.8 Å². The molecular formula is C14H16N2O2S2. The number of nitrogens with one attached hydrogen (secondary N) is 1. The van der Waals surface area contributed by atoms with Crippen LogP contribution in [0.5, 0.6) is 0 Å². The highest BCUT2D eigenvalue weighted by Crippen LogP contribution is 2.23. The molecule has 20 heavy (non-hydrogen) atoms. The molecule has 0 aliphatic rings. The number of ether oxygens (including phenoxy) is 1. The number of esters is 1. The molecular weight excluding hydrogens is 292 g/mol. The summed E-state index contributed by atoms with van der Waals surface area (Å²) in [6, 6.07) is 8.14. The number of thioether (sulfide) groups is 1. The highest BCUT2D eigenvalue weighted by Gasteiger charge is 2.08. The maximum atomic E-state index is 11.4. The van der Waals surface area contributed by atoms with Crippen molar-refractivity contribution in [3.05, 3.63) is 35.3 Å². The summed E-state index contributed by atoms with van der Waals surface area (Å²) in [6.45, 7) is 2.19. The largest absolute Gasteiger partial charge is 0.466 e. The van der Waals surface area contributed by atoms with Gasteiger partial charge in [0.15, 0.2) is 5.13 Å². The summed E-state index contributed by atoms with van der Waals surface area (Å²) < 4.78 is 4.90. The van der Waals surface area contributed by atoms with Gasteiger partial charge in [0, 0.05) is 16.0 Å². The van der Waals surface area contributed by atoms with Crippen LogP contribution < -0.4 is 5.32 Å².